The van der Waals surface area contributed by atoms with Gasteiger partial charge >= 0.3 is 6.09 Å². The minimum atomic E-state index is -0.260. The number of piperidine rings is 1. The van der Waals surface area contributed by atoms with Gasteiger partial charge in [0.1, 0.15) is 11.9 Å². The second kappa shape index (κ2) is 7.92. The summed E-state index contributed by atoms with van der Waals surface area (Å²) >= 11 is 0. The van der Waals surface area contributed by atoms with Crippen molar-refractivity contribution in [1.82, 2.24) is 9.80 Å². The van der Waals surface area contributed by atoms with Crippen molar-refractivity contribution in [2.75, 3.05) is 13.1 Å². The van der Waals surface area contributed by atoms with Crippen LogP contribution < -0.4 is 0 Å². The first kappa shape index (κ1) is 18.3. The van der Waals surface area contributed by atoms with Gasteiger partial charge in [-0.2, -0.15) is 0 Å². The Hall–Kier alpha value is -3.02. The third kappa shape index (κ3) is 3.67. The lowest BCUT2D eigenvalue weighted by Gasteiger charge is -2.37. The quantitative estimate of drug-likeness (QED) is 0.756. The van der Waals surface area contributed by atoms with Crippen molar-refractivity contribution in [1.29, 1.82) is 0 Å². The fourth-order valence-corrected chi connectivity index (χ4v) is 4.06. The predicted molar refractivity (Wildman–Crippen MR) is 104 cm³/mol. The molecule has 2 aromatic rings. The Balaban J connectivity index is 1.35. The average molecular weight is 380 g/mol. The van der Waals surface area contributed by atoms with E-state index >= 15 is 0 Å². The molecule has 2 saturated heterocycles. The van der Waals surface area contributed by atoms with Crippen molar-refractivity contribution in [3.63, 3.8) is 0 Å². The van der Waals surface area contributed by atoms with Crippen molar-refractivity contribution in [2.45, 2.75) is 38.0 Å². The maximum Gasteiger partial charge on any atom is 0.411 e. The van der Waals surface area contributed by atoms with Crippen LogP contribution >= 0.6 is 0 Å². The van der Waals surface area contributed by atoms with E-state index in [1.54, 1.807) is 24.5 Å². The van der Waals surface area contributed by atoms with Crippen molar-refractivity contribution in [3.05, 3.63) is 66.1 Å². The number of benzene rings is 1. The number of amides is 2. The second-order valence-corrected chi connectivity index (χ2v) is 7.27. The number of furan rings is 1. The van der Waals surface area contributed by atoms with Crippen LogP contribution in [0, 0.1) is 0 Å². The van der Waals surface area contributed by atoms with Gasteiger partial charge in [-0.25, -0.2) is 4.79 Å². The number of carbonyl (C=O) groups excluding carboxylic acids is 2. The zero-order chi connectivity index (χ0) is 19.5. The standard InChI is InChI=1S/C22H24N2O4/c1-16-21(17-6-3-2-4-7-17)28-22(26)24(16)18-11-13-23(14-12-18)20(25)10-9-19-8-5-15-27-19/h2-10,15-16,18,21H,11-14H2,1H3. The van der Waals surface area contributed by atoms with E-state index in [-0.39, 0.29) is 30.2 Å². The molecule has 146 valence electrons. The summed E-state index contributed by atoms with van der Waals surface area (Å²) in [5.41, 5.74) is 1.02. The molecule has 1 aromatic carbocycles. The molecule has 2 unspecified atom stereocenters. The number of rotatable bonds is 4. The number of nitrogens with zero attached hydrogens (tertiary/aromatic N) is 2. The van der Waals surface area contributed by atoms with Gasteiger partial charge < -0.3 is 14.1 Å². The number of cyclic esters (lactones) is 1. The lowest BCUT2D eigenvalue weighted by atomic mass is 9.98. The molecule has 6 heteroatoms. The van der Waals surface area contributed by atoms with Crippen LogP contribution in [0.15, 0.2) is 59.2 Å². The van der Waals surface area contributed by atoms with Crippen LogP contribution in [0.2, 0.25) is 0 Å². The van der Waals surface area contributed by atoms with Crippen molar-refractivity contribution in [2.24, 2.45) is 0 Å². The zero-order valence-electron chi connectivity index (χ0n) is 15.9. The highest BCUT2D eigenvalue weighted by Crippen LogP contribution is 2.35. The predicted octanol–water partition coefficient (Wildman–Crippen LogP) is 3.87. The van der Waals surface area contributed by atoms with Crippen molar-refractivity contribution >= 4 is 18.1 Å². The van der Waals surface area contributed by atoms with E-state index in [9.17, 15) is 9.59 Å². The molecule has 2 amide bonds. The summed E-state index contributed by atoms with van der Waals surface area (Å²) in [7, 11) is 0. The molecule has 0 spiro atoms. The summed E-state index contributed by atoms with van der Waals surface area (Å²) < 4.78 is 10.9. The molecule has 0 N–H and O–H groups in total. The van der Waals surface area contributed by atoms with Gasteiger partial charge in [-0.15, -0.1) is 0 Å². The summed E-state index contributed by atoms with van der Waals surface area (Å²) in [6, 6.07) is 13.5. The largest absolute Gasteiger partial charge is 0.465 e. The minimum Gasteiger partial charge on any atom is -0.465 e. The van der Waals surface area contributed by atoms with Crippen LogP contribution in [0.5, 0.6) is 0 Å². The molecule has 3 heterocycles. The Morgan fingerprint density at radius 1 is 1.11 bits per heavy atom. The lowest BCUT2D eigenvalue weighted by molar-refractivity contribution is -0.127. The minimum absolute atomic E-state index is 0.0269. The number of ether oxygens (including phenoxy) is 1. The molecule has 2 aliphatic heterocycles. The van der Waals surface area contributed by atoms with Gasteiger partial charge in [-0.05, 0) is 43.5 Å². The summed E-state index contributed by atoms with van der Waals surface area (Å²) in [6.45, 7) is 3.28. The maximum atomic E-state index is 12.5. The molecule has 2 fully saturated rings. The van der Waals surface area contributed by atoms with E-state index in [1.165, 1.54) is 6.08 Å². The van der Waals surface area contributed by atoms with E-state index in [0.29, 0.717) is 18.8 Å². The lowest BCUT2D eigenvalue weighted by Crippen LogP contribution is -2.49. The fraction of sp³-hybridized carbons (Fsp3) is 0.364. The highest BCUT2D eigenvalue weighted by Gasteiger charge is 2.44. The Kier molecular flexibility index (Phi) is 5.19. The fourth-order valence-electron chi connectivity index (χ4n) is 4.06. The molecule has 4 rings (SSSR count). The summed E-state index contributed by atoms with van der Waals surface area (Å²) in [5, 5.41) is 0. The first-order valence-corrected chi connectivity index (χ1v) is 9.68. The van der Waals surface area contributed by atoms with Crippen LogP contribution in [-0.2, 0) is 9.53 Å². The molecule has 0 saturated carbocycles. The molecule has 0 aliphatic carbocycles. The Morgan fingerprint density at radius 3 is 2.54 bits per heavy atom. The number of hydrogen-bond donors (Lipinski definition) is 0. The number of likely N-dealkylation sites (tertiary alicyclic amines) is 1. The van der Waals surface area contributed by atoms with Crippen LogP contribution in [0.4, 0.5) is 4.79 Å². The molecule has 6 nitrogen and oxygen atoms in total. The summed E-state index contributed by atoms with van der Waals surface area (Å²) in [5.74, 6) is 0.623. The SMILES string of the molecule is CC1C(c2ccccc2)OC(=O)N1C1CCN(C(=O)C=Cc2ccco2)CC1. The first-order chi connectivity index (χ1) is 13.6. The molecule has 28 heavy (non-hydrogen) atoms. The Morgan fingerprint density at radius 2 is 1.86 bits per heavy atom. The molecule has 0 radical (unpaired) electrons. The maximum absolute atomic E-state index is 12.5. The monoisotopic (exact) mass is 380 g/mol. The average Bonchev–Trinajstić information content (AvgIpc) is 3.35. The molecule has 1 aromatic heterocycles. The van der Waals surface area contributed by atoms with E-state index < -0.39 is 0 Å². The molecular weight excluding hydrogens is 356 g/mol. The van der Waals surface area contributed by atoms with Crippen LogP contribution in [0.1, 0.15) is 37.2 Å². The van der Waals surface area contributed by atoms with Gasteiger partial charge in [0.2, 0.25) is 5.91 Å². The van der Waals surface area contributed by atoms with Crippen LogP contribution in [-0.4, -0.2) is 47.0 Å². The molecule has 0 bridgehead atoms. The summed E-state index contributed by atoms with van der Waals surface area (Å²) in [6.07, 6.45) is 5.79. The van der Waals surface area contributed by atoms with Gasteiger partial charge in [0.25, 0.3) is 0 Å². The van der Waals surface area contributed by atoms with Gasteiger partial charge in [-0.1, -0.05) is 30.3 Å². The zero-order valence-corrected chi connectivity index (χ0v) is 15.9. The normalized spacial score (nSPS) is 23.4. The third-order valence-electron chi connectivity index (χ3n) is 5.55. The van der Waals surface area contributed by atoms with Crippen LogP contribution in [0.3, 0.4) is 0 Å². The van der Waals surface area contributed by atoms with Gasteiger partial charge in [0.05, 0.1) is 12.3 Å². The second-order valence-electron chi connectivity index (χ2n) is 7.27. The van der Waals surface area contributed by atoms with E-state index in [2.05, 4.69) is 0 Å². The number of carbonyl (C=O) groups is 2. The van der Waals surface area contributed by atoms with E-state index in [1.807, 2.05) is 47.1 Å². The van der Waals surface area contributed by atoms with E-state index in [0.717, 1.165) is 18.4 Å². The van der Waals surface area contributed by atoms with Gasteiger partial charge in [0.15, 0.2) is 0 Å². The third-order valence-corrected chi connectivity index (χ3v) is 5.55. The topological polar surface area (TPSA) is 63.0 Å². The Labute approximate surface area is 164 Å². The first-order valence-electron chi connectivity index (χ1n) is 9.68. The summed E-state index contributed by atoms with van der Waals surface area (Å²) in [4.78, 5) is 28.6. The van der Waals surface area contributed by atoms with Crippen molar-refractivity contribution in [3.8, 4) is 0 Å². The number of hydrogen-bond acceptors (Lipinski definition) is 4. The van der Waals surface area contributed by atoms with Crippen LogP contribution in [0.25, 0.3) is 6.08 Å². The highest BCUT2D eigenvalue weighted by atomic mass is 16.6. The van der Waals surface area contributed by atoms with Gasteiger partial charge in [-0.3, -0.25) is 9.69 Å². The highest BCUT2D eigenvalue weighted by molar-refractivity contribution is 5.91. The Bertz CT molecular complexity index is 839. The van der Waals surface area contributed by atoms with E-state index in [4.69, 9.17) is 9.15 Å². The molecule has 2 atom stereocenters. The smallest absolute Gasteiger partial charge is 0.411 e. The molecular formula is C22H24N2O4. The van der Waals surface area contributed by atoms with Gasteiger partial charge in [0, 0.05) is 25.2 Å². The molecule has 2 aliphatic rings. The van der Waals surface area contributed by atoms with Crippen molar-refractivity contribution < 1.29 is 18.7 Å².